The van der Waals surface area contributed by atoms with Crippen LogP contribution in [0.4, 0.5) is 13.2 Å². The summed E-state index contributed by atoms with van der Waals surface area (Å²) >= 11 is 0. The molecule has 0 radical (unpaired) electrons. The number of alkyl halides is 3. The third-order valence-corrected chi connectivity index (χ3v) is 7.78. The van der Waals surface area contributed by atoms with Crippen LogP contribution in [0.5, 0.6) is 0 Å². The summed E-state index contributed by atoms with van der Waals surface area (Å²) in [4.78, 5) is 18.4. The molecule has 4 saturated carbocycles. The Hall–Kier alpha value is -1.82. The van der Waals surface area contributed by atoms with Crippen molar-refractivity contribution in [2.45, 2.75) is 76.2 Å². The molecule has 0 aromatic rings. The van der Waals surface area contributed by atoms with Crippen molar-refractivity contribution >= 4 is 11.7 Å². The molecule has 3 N–H and O–H groups in total. The van der Waals surface area contributed by atoms with Crippen molar-refractivity contribution < 1.29 is 18.0 Å². The minimum absolute atomic E-state index is 0.0655. The molecule has 0 aromatic carbocycles. The van der Waals surface area contributed by atoms with Gasteiger partial charge in [0.05, 0.1) is 12.1 Å². The number of nitrogens with zero attached hydrogens (tertiary/aromatic N) is 3. The lowest BCUT2D eigenvalue weighted by molar-refractivity contribution is -0.177. The van der Waals surface area contributed by atoms with Crippen LogP contribution in [-0.4, -0.2) is 47.5 Å². The van der Waals surface area contributed by atoms with Gasteiger partial charge in [0.1, 0.15) is 11.9 Å². The first-order valence-electron chi connectivity index (χ1n) is 10.5. The number of carbonyl (C=O) groups excluding carboxylic acids is 1. The Morgan fingerprint density at radius 3 is 2.52 bits per heavy atom. The number of hydrogen-bond acceptors (Lipinski definition) is 4. The zero-order valence-corrected chi connectivity index (χ0v) is 16.6. The highest BCUT2D eigenvalue weighted by Crippen LogP contribution is 2.60. The molecule has 4 aliphatic carbocycles. The zero-order valence-electron chi connectivity index (χ0n) is 16.6. The van der Waals surface area contributed by atoms with E-state index in [-0.39, 0.29) is 30.2 Å². The Balaban J connectivity index is 1.58. The van der Waals surface area contributed by atoms with Crippen molar-refractivity contribution in [3.8, 4) is 6.19 Å². The van der Waals surface area contributed by atoms with Gasteiger partial charge in [-0.15, -0.1) is 0 Å². The minimum atomic E-state index is -4.29. The van der Waals surface area contributed by atoms with Gasteiger partial charge in [0.2, 0.25) is 5.91 Å². The number of nitrogens with one attached hydrogen (secondary N) is 1. The van der Waals surface area contributed by atoms with Gasteiger partial charge in [-0.05, 0) is 76.2 Å². The van der Waals surface area contributed by atoms with E-state index in [9.17, 15) is 23.2 Å². The second-order valence-corrected chi connectivity index (χ2v) is 9.47. The fourth-order valence-corrected chi connectivity index (χ4v) is 6.73. The van der Waals surface area contributed by atoms with Gasteiger partial charge in [-0.1, -0.05) is 0 Å². The second-order valence-electron chi connectivity index (χ2n) is 9.47. The Morgan fingerprint density at radius 2 is 1.97 bits per heavy atom. The van der Waals surface area contributed by atoms with Crippen LogP contribution < -0.4 is 11.1 Å². The largest absolute Gasteiger partial charge is 0.404 e. The average molecular weight is 411 g/mol. The van der Waals surface area contributed by atoms with Crippen LogP contribution >= 0.6 is 0 Å². The van der Waals surface area contributed by atoms with Crippen LogP contribution in [0.1, 0.15) is 51.9 Å². The van der Waals surface area contributed by atoms with Crippen LogP contribution in [0, 0.1) is 34.6 Å². The summed E-state index contributed by atoms with van der Waals surface area (Å²) in [6.45, 7) is 2.02. The quantitative estimate of drug-likeness (QED) is 0.322. The first kappa shape index (κ1) is 20.5. The van der Waals surface area contributed by atoms with Crippen molar-refractivity contribution in [1.29, 1.82) is 5.26 Å². The molecule has 6 nitrogen and oxygen atoms in total. The van der Waals surface area contributed by atoms with E-state index in [1.165, 1.54) is 4.90 Å². The van der Waals surface area contributed by atoms with Crippen molar-refractivity contribution in [3.63, 3.8) is 0 Å². The lowest BCUT2D eigenvalue weighted by Crippen LogP contribution is -2.58. The standard InChI is InChI=1S/C20H28F3N5O/c1-11(28-4-2-3-15(28)20(21,22)23)17(26-10-24)27-16-13-5-12-6-14(16)9-19(7-12,8-13)18(25)29/h11-16H,2-9H2,1H3,(H2,25,29)(H,26,27). The van der Waals surface area contributed by atoms with Gasteiger partial charge in [0.25, 0.3) is 0 Å². The van der Waals surface area contributed by atoms with Gasteiger partial charge in [0.15, 0.2) is 6.19 Å². The molecule has 1 saturated heterocycles. The zero-order chi connectivity index (χ0) is 21.0. The van der Waals surface area contributed by atoms with E-state index in [2.05, 4.69) is 5.32 Å². The van der Waals surface area contributed by atoms with Crippen molar-refractivity contribution in [2.75, 3.05) is 6.54 Å². The number of nitrogens with two attached hydrogens (primary N) is 1. The molecule has 1 heterocycles. The highest BCUT2D eigenvalue weighted by atomic mass is 19.4. The topological polar surface area (TPSA) is 94.5 Å². The number of primary amides is 1. The molecule has 160 valence electrons. The van der Waals surface area contributed by atoms with E-state index in [0.29, 0.717) is 37.6 Å². The summed E-state index contributed by atoms with van der Waals surface area (Å²) in [7, 11) is 0. The minimum Gasteiger partial charge on any atom is -0.369 e. The van der Waals surface area contributed by atoms with Gasteiger partial charge < -0.3 is 5.73 Å². The number of aliphatic imine (C=N–C) groups is 1. The Kier molecular flexibility index (Phi) is 5.04. The van der Waals surface area contributed by atoms with Crippen molar-refractivity contribution in [2.24, 2.45) is 33.9 Å². The lowest BCUT2D eigenvalue weighted by Gasteiger charge is -2.57. The summed E-state index contributed by atoms with van der Waals surface area (Å²) in [6, 6.07) is -2.19. The smallest absolute Gasteiger partial charge is 0.369 e. The molecule has 9 heteroatoms. The van der Waals surface area contributed by atoms with Crippen LogP contribution in [0.15, 0.2) is 4.99 Å². The normalized spacial score (nSPS) is 40.7. The summed E-state index contributed by atoms with van der Waals surface area (Å²) in [5, 5.41) is 11.8. The van der Waals surface area contributed by atoms with E-state index in [0.717, 1.165) is 19.3 Å². The van der Waals surface area contributed by atoms with Crippen molar-refractivity contribution in [1.82, 2.24) is 10.2 Å². The molecule has 1 amide bonds. The highest BCUT2D eigenvalue weighted by Gasteiger charge is 2.58. The van der Waals surface area contributed by atoms with E-state index in [1.54, 1.807) is 6.92 Å². The summed E-state index contributed by atoms with van der Waals surface area (Å²) in [5.41, 5.74) is 5.29. The summed E-state index contributed by atoms with van der Waals surface area (Å²) < 4.78 is 40.3. The molecule has 29 heavy (non-hydrogen) atoms. The third kappa shape index (κ3) is 3.49. The summed E-state index contributed by atoms with van der Waals surface area (Å²) in [5.74, 6) is 0.966. The number of likely N-dealkylation sites (tertiary alicyclic amines) is 1. The van der Waals surface area contributed by atoms with Crippen LogP contribution in [0.2, 0.25) is 0 Å². The maximum absolute atomic E-state index is 13.4. The number of amidine groups is 1. The van der Waals surface area contributed by atoms with E-state index in [4.69, 9.17) is 10.7 Å². The first-order valence-corrected chi connectivity index (χ1v) is 10.5. The predicted molar refractivity (Wildman–Crippen MR) is 100 cm³/mol. The second kappa shape index (κ2) is 7.15. The van der Waals surface area contributed by atoms with Crippen molar-refractivity contribution in [3.05, 3.63) is 0 Å². The molecule has 0 aromatic heterocycles. The Morgan fingerprint density at radius 1 is 1.31 bits per heavy atom. The number of nitriles is 1. The SMILES string of the molecule is CC(C(=NC1C2CC3CC1CC(C(N)=O)(C3)C2)NC#N)N1CCCC1C(F)(F)F. The monoisotopic (exact) mass is 411 g/mol. The van der Waals surface area contributed by atoms with Gasteiger partial charge in [-0.25, -0.2) is 0 Å². The van der Waals surface area contributed by atoms with Gasteiger partial charge in [-0.2, -0.15) is 18.4 Å². The van der Waals surface area contributed by atoms with Gasteiger partial charge in [-0.3, -0.25) is 20.0 Å². The number of rotatable bonds is 4. The lowest BCUT2D eigenvalue weighted by atomic mass is 9.48. The molecule has 4 atom stereocenters. The Labute approximate surface area is 168 Å². The molecule has 4 unspecified atom stereocenters. The predicted octanol–water partition coefficient (Wildman–Crippen LogP) is 2.55. The molecule has 1 aliphatic heterocycles. The number of amides is 1. The van der Waals surface area contributed by atoms with E-state index >= 15 is 0 Å². The number of carbonyl (C=O) groups is 1. The number of halogens is 3. The molecule has 0 spiro atoms. The average Bonchev–Trinajstić information content (AvgIpc) is 3.13. The summed E-state index contributed by atoms with van der Waals surface area (Å²) in [6.07, 6.45) is 2.33. The fourth-order valence-electron chi connectivity index (χ4n) is 6.73. The molecular formula is C20H28F3N5O. The van der Waals surface area contributed by atoms with E-state index < -0.39 is 23.7 Å². The van der Waals surface area contributed by atoms with Crippen LogP contribution in [0.25, 0.3) is 0 Å². The Bertz CT molecular complexity index is 729. The van der Waals surface area contributed by atoms with Crippen LogP contribution in [-0.2, 0) is 4.79 Å². The molecule has 5 fully saturated rings. The highest BCUT2D eigenvalue weighted by molar-refractivity contribution is 5.88. The number of hydrogen-bond donors (Lipinski definition) is 2. The molecule has 5 rings (SSSR count). The first-order chi connectivity index (χ1) is 13.6. The van der Waals surface area contributed by atoms with Gasteiger partial charge >= 0.3 is 6.18 Å². The molecule has 4 bridgehead atoms. The fraction of sp³-hybridized carbons (Fsp3) is 0.850. The maximum Gasteiger partial charge on any atom is 0.404 e. The van der Waals surface area contributed by atoms with Crippen LogP contribution in [0.3, 0.4) is 0 Å². The third-order valence-electron chi connectivity index (χ3n) is 7.78. The maximum atomic E-state index is 13.4. The molecular weight excluding hydrogens is 383 g/mol. The molecule has 5 aliphatic rings. The van der Waals surface area contributed by atoms with E-state index in [1.807, 2.05) is 6.19 Å². The van der Waals surface area contributed by atoms with Gasteiger partial charge in [0, 0.05) is 5.41 Å².